The third-order valence-corrected chi connectivity index (χ3v) is 3.29. The van der Waals surface area contributed by atoms with Gasteiger partial charge in [-0.1, -0.05) is 0 Å². The lowest BCUT2D eigenvalue weighted by Gasteiger charge is -2.03. The van der Waals surface area contributed by atoms with Crippen molar-refractivity contribution >= 4 is 28.3 Å². The van der Waals surface area contributed by atoms with Crippen molar-refractivity contribution in [2.75, 3.05) is 12.4 Å². The second-order valence-electron chi connectivity index (χ2n) is 3.73. The number of imidazole rings is 1. The summed E-state index contributed by atoms with van der Waals surface area (Å²) in [6.45, 7) is 0.504. The molecule has 0 unspecified atom stereocenters. The molecule has 0 aliphatic heterocycles. The van der Waals surface area contributed by atoms with Crippen LogP contribution in [0, 0.1) is 11.3 Å². The molecule has 20 heavy (non-hydrogen) atoms. The molecule has 3 rings (SSSR count). The van der Waals surface area contributed by atoms with E-state index in [-0.39, 0.29) is 5.82 Å². The quantitative estimate of drug-likeness (QED) is 0.743. The van der Waals surface area contributed by atoms with E-state index in [2.05, 4.69) is 30.2 Å². The van der Waals surface area contributed by atoms with Crippen LogP contribution < -0.4 is 10.1 Å². The molecule has 0 spiro atoms. The molecule has 0 aliphatic rings. The van der Waals surface area contributed by atoms with E-state index in [1.165, 1.54) is 18.4 Å². The monoisotopic (exact) mass is 287 g/mol. The summed E-state index contributed by atoms with van der Waals surface area (Å²) in [4.78, 5) is 19.4. The van der Waals surface area contributed by atoms with Crippen LogP contribution in [0.4, 0.5) is 5.82 Å². The summed E-state index contributed by atoms with van der Waals surface area (Å²) >= 11 is 1.53. The van der Waals surface area contributed by atoms with Crippen LogP contribution in [0.1, 0.15) is 10.8 Å². The number of nitriles is 1. The molecule has 0 amide bonds. The molecule has 3 aromatic heterocycles. The lowest BCUT2D eigenvalue weighted by molar-refractivity contribution is 0.386. The van der Waals surface area contributed by atoms with Gasteiger partial charge in [0, 0.05) is 11.6 Å². The second-order valence-corrected chi connectivity index (χ2v) is 4.71. The summed E-state index contributed by atoms with van der Waals surface area (Å²) in [5.41, 5.74) is 0.979. The lowest BCUT2D eigenvalue weighted by Crippen LogP contribution is -2.04. The zero-order valence-electron chi connectivity index (χ0n) is 10.4. The molecule has 8 nitrogen and oxygen atoms in total. The second kappa shape index (κ2) is 5.10. The number of thiazole rings is 1. The van der Waals surface area contributed by atoms with Crippen LogP contribution in [0.3, 0.4) is 0 Å². The third-order valence-electron chi connectivity index (χ3n) is 2.51. The summed E-state index contributed by atoms with van der Waals surface area (Å²) in [7, 11) is 1.50. The minimum atomic E-state index is 0.0606. The van der Waals surface area contributed by atoms with Gasteiger partial charge >= 0.3 is 0 Å². The van der Waals surface area contributed by atoms with E-state index in [4.69, 9.17) is 10.00 Å². The van der Waals surface area contributed by atoms with Crippen LogP contribution >= 0.6 is 11.3 Å². The van der Waals surface area contributed by atoms with E-state index in [0.29, 0.717) is 29.5 Å². The van der Waals surface area contributed by atoms with Crippen LogP contribution in [-0.2, 0) is 6.54 Å². The molecule has 0 saturated heterocycles. The minimum absolute atomic E-state index is 0.0606. The number of rotatable bonds is 4. The first kappa shape index (κ1) is 12.3. The van der Waals surface area contributed by atoms with E-state index in [1.54, 1.807) is 6.20 Å². The molecule has 3 heterocycles. The van der Waals surface area contributed by atoms with Gasteiger partial charge in [0.2, 0.25) is 5.82 Å². The number of hydrogen-bond donors (Lipinski definition) is 2. The van der Waals surface area contributed by atoms with Crippen molar-refractivity contribution in [3.63, 3.8) is 0 Å². The Morgan fingerprint density at radius 1 is 1.45 bits per heavy atom. The Kier molecular flexibility index (Phi) is 3.14. The summed E-state index contributed by atoms with van der Waals surface area (Å²) in [6, 6.07) is 2.24. The van der Waals surface area contributed by atoms with Gasteiger partial charge in [-0.2, -0.15) is 20.2 Å². The number of aromatic nitrogens is 5. The van der Waals surface area contributed by atoms with Gasteiger partial charge in [-0.3, -0.25) is 4.98 Å². The number of aromatic amines is 1. The first-order valence-corrected chi connectivity index (χ1v) is 6.52. The van der Waals surface area contributed by atoms with Crippen molar-refractivity contribution in [1.29, 1.82) is 5.26 Å². The molecular formula is C11H9N7OS. The topological polar surface area (TPSA) is 112 Å². The zero-order valence-corrected chi connectivity index (χ0v) is 11.2. The number of ether oxygens (including phenoxy) is 1. The van der Waals surface area contributed by atoms with Crippen LogP contribution in [-0.4, -0.2) is 32.0 Å². The highest BCUT2D eigenvalue weighted by Crippen LogP contribution is 2.21. The van der Waals surface area contributed by atoms with Gasteiger partial charge in [-0.15, -0.1) is 11.3 Å². The number of fused-ring (bicyclic) bond motifs is 1. The standard InChI is InChI=1S/C11H9N7OS/c1-19-11-17-8-9(14-5-7-13-2-3-20-7)15-6(4-12)16-10(8)18-11/h2-3H,5H2,1H3,(H2,14,15,16,17,18). The van der Waals surface area contributed by atoms with Crippen molar-refractivity contribution < 1.29 is 4.74 Å². The Hall–Kier alpha value is -2.73. The van der Waals surface area contributed by atoms with E-state index >= 15 is 0 Å². The number of methoxy groups -OCH3 is 1. The SMILES string of the molecule is COc1nc2c(NCc3nccs3)nc(C#N)nc2[nH]1. The van der Waals surface area contributed by atoms with Crippen molar-refractivity contribution in [2.45, 2.75) is 6.54 Å². The Morgan fingerprint density at radius 2 is 2.35 bits per heavy atom. The van der Waals surface area contributed by atoms with Gasteiger partial charge in [0.1, 0.15) is 11.1 Å². The van der Waals surface area contributed by atoms with Crippen molar-refractivity contribution in [1.82, 2.24) is 24.9 Å². The van der Waals surface area contributed by atoms with Crippen molar-refractivity contribution in [2.24, 2.45) is 0 Å². The van der Waals surface area contributed by atoms with Gasteiger partial charge in [0.25, 0.3) is 6.01 Å². The molecule has 0 radical (unpaired) electrons. The predicted molar refractivity (Wildman–Crippen MR) is 72.4 cm³/mol. The maximum atomic E-state index is 8.96. The molecule has 0 fully saturated rings. The summed E-state index contributed by atoms with van der Waals surface area (Å²) in [5.74, 6) is 0.534. The van der Waals surface area contributed by atoms with E-state index in [1.807, 2.05) is 11.4 Å². The maximum absolute atomic E-state index is 8.96. The number of anilines is 1. The Morgan fingerprint density at radius 3 is 3.05 bits per heavy atom. The first-order valence-electron chi connectivity index (χ1n) is 5.64. The van der Waals surface area contributed by atoms with Crippen LogP contribution in [0.15, 0.2) is 11.6 Å². The van der Waals surface area contributed by atoms with Gasteiger partial charge in [-0.05, 0) is 0 Å². The van der Waals surface area contributed by atoms with E-state index in [0.717, 1.165) is 5.01 Å². The third kappa shape index (κ3) is 2.24. The van der Waals surface area contributed by atoms with E-state index < -0.39 is 0 Å². The van der Waals surface area contributed by atoms with Gasteiger partial charge in [0.05, 0.1) is 13.7 Å². The molecule has 0 bridgehead atoms. The Bertz CT molecular complexity index is 774. The molecule has 3 aromatic rings. The fourth-order valence-electron chi connectivity index (χ4n) is 1.65. The Labute approximate surface area is 117 Å². The minimum Gasteiger partial charge on any atom is -0.468 e. The molecule has 9 heteroatoms. The van der Waals surface area contributed by atoms with Gasteiger partial charge in [0.15, 0.2) is 17.0 Å². The lowest BCUT2D eigenvalue weighted by atomic mass is 10.4. The zero-order chi connectivity index (χ0) is 13.9. The smallest absolute Gasteiger partial charge is 0.295 e. The van der Waals surface area contributed by atoms with Gasteiger partial charge < -0.3 is 10.1 Å². The predicted octanol–water partition coefficient (Wildman–Crippen LogP) is 1.30. The molecule has 100 valence electrons. The largest absolute Gasteiger partial charge is 0.468 e. The van der Waals surface area contributed by atoms with Crippen LogP contribution in [0.25, 0.3) is 11.2 Å². The van der Waals surface area contributed by atoms with Gasteiger partial charge in [-0.25, -0.2) is 4.98 Å². The summed E-state index contributed by atoms with van der Waals surface area (Å²) < 4.78 is 5.02. The first-order chi connectivity index (χ1) is 9.80. The highest BCUT2D eigenvalue weighted by atomic mass is 32.1. The maximum Gasteiger partial charge on any atom is 0.295 e. The summed E-state index contributed by atoms with van der Waals surface area (Å²) in [6.07, 6.45) is 1.73. The molecule has 0 atom stereocenters. The molecule has 0 saturated carbocycles. The van der Waals surface area contributed by atoms with Crippen LogP contribution in [0.5, 0.6) is 6.01 Å². The summed E-state index contributed by atoms with van der Waals surface area (Å²) in [5, 5.41) is 14.9. The normalized spacial score (nSPS) is 10.4. The van der Waals surface area contributed by atoms with Crippen molar-refractivity contribution in [3.05, 3.63) is 22.4 Å². The average Bonchev–Trinajstić information content (AvgIpc) is 3.12. The van der Waals surface area contributed by atoms with E-state index in [9.17, 15) is 0 Å². The number of nitrogens with one attached hydrogen (secondary N) is 2. The molecule has 0 aromatic carbocycles. The fraction of sp³-hybridized carbons (Fsp3) is 0.182. The molecule has 2 N–H and O–H groups in total. The number of H-pyrrole nitrogens is 1. The van der Waals surface area contributed by atoms with Crippen molar-refractivity contribution in [3.8, 4) is 12.1 Å². The molecular weight excluding hydrogens is 278 g/mol. The fourth-order valence-corrected chi connectivity index (χ4v) is 2.20. The average molecular weight is 287 g/mol. The highest BCUT2D eigenvalue weighted by molar-refractivity contribution is 7.09. The van der Waals surface area contributed by atoms with Crippen LogP contribution in [0.2, 0.25) is 0 Å². The molecule has 0 aliphatic carbocycles. The number of hydrogen-bond acceptors (Lipinski definition) is 8. The highest BCUT2D eigenvalue weighted by Gasteiger charge is 2.13. The number of nitrogens with zero attached hydrogens (tertiary/aromatic N) is 5. The Balaban J connectivity index is 1.99.